The Balaban J connectivity index is 2.28. The van der Waals surface area contributed by atoms with Gasteiger partial charge in [0.25, 0.3) is 0 Å². The number of hydrogen-bond acceptors (Lipinski definition) is 2. The summed E-state index contributed by atoms with van der Waals surface area (Å²) in [6, 6.07) is 7.50. The largest absolute Gasteiger partial charge is 0.481 e. The lowest BCUT2D eigenvalue weighted by atomic mass is 9.92. The molecule has 4 nitrogen and oxygen atoms in total. The zero-order valence-corrected chi connectivity index (χ0v) is 10.7. The monoisotopic (exact) mass is 259 g/mol. The van der Waals surface area contributed by atoms with Gasteiger partial charge in [0.1, 0.15) is 0 Å². The molecule has 1 amide bonds. The zero-order chi connectivity index (χ0) is 13.8. The number of aliphatic carboxylic acids is 1. The van der Waals surface area contributed by atoms with Gasteiger partial charge < -0.3 is 10.0 Å². The lowest BCUT2D eigenvalue weighted by Crippen LogP contribution is -2.42. The van der Waals surface area contributed by atoms with Crippen LogP contribution in [0.5, 0.6) is 0 Å². The zero-order valence-electron chi connectivity index (χ0n) is 10.7. The minimum Gasteiger partial charge on any atom is -0.481 e. The SMILES string of the molecule is C=CCCC(=O)N1CC(C(=O)O)Cc2ccccc21. The fourth-order valence-electron chi connectivity index (χ4n) is 2.36. The maximum Gasteiger partial charge on any atom is 0.308 e. The fourth-order valence-corrected chi connectivity index (χ4v) is 2.36. The van der Waals surface area contributed by atoms with Crippen LogP contribution in [0.1, 0.15) is 18.4 Å². The predicted molar refractivity (Wildman–Crippen MR) is 73.1 cm³/mol. The van der Waals surface area contributed by atoms with Crippen molar-refractivity contribution in [3.8, 4) is 0 Å². The molecule has 0 spiro atoms. The minimum absolute atomic E-state index is 0.0432. The number of para-hydroxylation sites is 1. The number of carbonyl (C=O) groups is 2. The molecular formula is C15H17NO3. The second-order valence-corrected chi connectivity index (χ2v) is 4.70. The lowest BCUT2D eigenvalue weighted by Gasteiger charge is -2.33. The van der Waals surface area contributed by atoms with Crippen molar-refractivity contribution in [1.29, 1.82) is 0 Å². The molecule has 1 aliphatic heterocycles. The first-order chi connectivity index (χ1) is 9.13. The van der Waals surface area contributed by atoms with Crippen molar-refractivity contribution in [1.82, 2.24) is 0 Å². The third-order valence-electron chi connectivity index (χ3n) is 3.36. The number of rotatable bonds is 4. The molecule has 4 heteroatoms. The molecule has 1 aromatic carbocycles. The van der Waals surface area contributed by atoms with E-state index in [0.29, 0.717) is 19.3 Å². The molecule has 1 atom stereocenters. The van der Waals surface area contributed by atoms with Crippen LogP contribution in [0.3, 0.4) is 0 Å². The molecule has 0 saturated heterocycles. The Hall–Kier alpha value is -2.10. The summed E-state index contributed by atoms with van der Waals surface area (Å²) >= 11 is 0. The second kappa shape index (κ2) is 5.69. The molecule has 1 unspecified atom stereocenters. The van der Waals surface area contributed by atoms with Crippen molar-refractivity contribution in [2.24, 2.45) is 5.92 Å². The van der Waals surface area contributed by atoms with Gasteiger partial charge in [0.2, 0.25) is 5.91 Å². The number of carbonyl (C=O) groups excluding carboxylic acids is 1. The number of fused-ring (bicyclic) bond motifs is 1. The first-order valence-electron chi connectivity index (χ1n) is 6.35. The van der Waals surface area contributed by atoms with Crippen molar-refractivity contribution in [2.45, 2.75) is 19.3 Å². The summed E-state index contributed by atoms with van der Waals surface area (Å²) in [5, 5.41) is 9.19. The van der Waals surface area contributed by atoms with Crippen LogP contribution in [0.4, 0.5) is 5.69 Å². The molecule has 0 fully saturated rings. The molecule has 0 radical (unpaired) electrons. The Morgan fingerprint density at radius 1 is 1.42 bits per heavy atom. The number of hydrogen-bond donors (Lipinski definition) is 1. The average Bonchev–Trinajstić information content (AvgIpc) is 2.43. The smallest absolute Gasteiger partial charge is 0.308 e. The Bertz CT molecular complexity index is 510. The molecular weight excluding hydrogens is 242 g/mol. The van der Waals surface area contributed by atoms with E-state index in [9.17, 15) is 14.7 Å². The quantitative estimate of drug-likeness (QED) is 0.844. The normalized spacial score (nSPS) is 17.7. The Morgan fingerprint density at radius 2 is 2.16 bits per heavy atom. The number of nitrogens with zero attached hydrogens (tertiary/aromatic N) is 1. The fraction of sp³-hybridized carbons (Fsp3) is 0.333. The van der Waals surface area contributed by atoms with E-state index in [1.807, 2.05) is 24.3 Å². The summed E-state index contributed by atoms with van der Waals surface area (Å²) in [5.74, 6) is -1.42. The molecule has 0 saturated carbocycles. The van der Waals surface area contributed by atoms with Crippen LogP contribution < -0.4 is 4.90 Å². The van der Waals surface area contributed by atoms with E-state index in [1.54, 1.807) is 11.0 Å². The van der Waals surface area contributed by atoms with Crippen LogP contribution in [0.2, 0.25) is 0 Å². The van der Waals surface area contributed by atoms with Gasteiger partial charge in [-0.2, -0.15) is 0 Å². The Kier molecular flexibility index (Phi) is 4.00. The maximum absolute atomic E-state index is 12.2. The van der Waals surface area contributed by atoms with Gasteiger partial charge in [-0.3, -0.25) is 9.59 Å². The van der Waals surface area contributed by atoms with E-state index in [4.69, 9.17) is 0 Å². The summed E-state index contributed by atoms with van der Waals surface area (Å²) in [7, 11) is 0. The molecule has 0 aromatic heterocycles. The van der Waals surface area contributed by atoms with Crippen molar-refractivity contribution in [3.63, 3.8) is 0 Å². The van der Waals surface area contributed by atoms with Crippen LogP contribution >= 0.6 is 0 Å². The highest BCUT2D eigenvalue weighted by atomic mass is 16.4. The molecule has 1 heterocycles. The molecule has 1 N–H and O–H groups in total. The molecule has 100 valence electrons. The van der Waals surface area contributed by atoms with Crippen LogP contribution in [0.25, 0.3) is 0 Å². The highest BCUT2D eigenvalue weighted by molar-refractivity contribution is 5.95. The summed E-state index contributed by atoms with van der Waals surface area (Å²) in [4.78, 5) is 25.0. The predicted octanol–water partition coefficient (Wildman–Crippen LogP) is 2.24. The highest BCUT2D eigenvalue weighted by Crippen LogP contribution is 2.30. The van der Waals surface area contributed by atoms with Crippen molar-refractivity contribution in [3.05, 3.63) is 42.5 Å². The number of allylic oxidation sites excluding steroid dienone is 1. The van der Waals surface area contributed by atoms with Crippen molar-refractivity contribution in [2.75, 3.05) is 11.4 Å². The highest BCUT2D eigenvalue weighted by Gasteiger charge is 2.31. The van der Waals surface area contributed by atoms with E-state index in [0.717, 1.165) is 11.3 Å². The number of amides is 1. The number of anilines is 1. The van der Waals surface area contributed by atoms with Crippen LogP contribution in [0, 0.1) is 5.92 Å². The molecule has 0 aliphatic carbocycles. The van der Waals surface area contributed by atoms with E-state index in [2.05, 4.69) is 6.58 Å². The molecule has 1 aliphatic rings. The van der Waals surface area contributed by atoms with Crippen LogP contribution in [-0.2, 0) is 16.0 Å². The number of carboxylic acid groups (broad SMARTS) is 1. The lowest BCUT2D eigenvalue weighted by molar-refractivity contribution is -0.141. The maximum atomic E-state index is 12.2. The van der Waals surface area contributed by atoms with Crippen LogP contribution in [-0.4, -0.2) is 23.5 Å². The third-order valence-corrected chi connectivity index (χ3v) is 3.36. The van der Waals surface area contributed by atoms with Gasteiger partial charge in [-0.25, -0.2) is 0 Å². The van der Waals surface area contributed by atoms with Crippen molar-refractivity contribution >= 4 is 17.6 Å². The van der Waals surface area contributed by atoms with Gasteiger partial charge in [0, 0.05) is 18.7 Å². The van der Waals surface area contributed by atoms with E-state index >= 15 is 0 Å². The van der Waals surface area contributed by atoms with Gasteiger partial charge in [0.05, 0.1) is 5.92 Å². The summed E-state index contributed by atoms with van der Waals surface area (Å²) < 4.78 is 0. The van der Waals surface area contributed by atoms with Crippen molar-refractivity contribution < 1.29 is 14.7 Å². The second-order valence-electron chi connectivity index (χ2n) is 4.70. The number of carboxylic acids is 1. The molecule has 19 heavy (non-hydrogen) atoms. The first-order valence-corrected chi connectivity index (χ1v) is 6.35. The first kappa shape index (κ1) is 13.3. The molecule has 1 aromatic rings. The summed E-state index contributed by atoms with van der Waals surface area (Å²) in [5.41, 5.74) is 1.77. The molecule has 2 rings (SSSR count). The van der Waals surface area contributed by atoms with E-state index in [1.165, 1.54) is 0 Å². The number of benzene rings is 1. The summed E-state index contributed by atoms with van der Waals surface area (Å²) in [6.45, 7) is 3.85. The van der Waals surface area contributed by atoms with Gasteiger partial charge in [-0.05, 0) is 24.5 Å². The summed E-state index contributed by atoms with van der Waals surface area (Å²) in [6.07, 6.45) is 3.15. The van der Waals surface area contributed by atoms with Crippen LogP contribution in [0.15, 0.2) is 36.9 Å². The Labute approximate surface area is 112 Å². The topological polar surface area (TPSA) is 57.6 Å². The van der Waals surface area contributed by atoms with Gasteiger partial charge in [0.15, 0.2) is 0 Å². The van der Waals surface area contributed by atoms with E-state index < -0.39 is 11.9 Å². The minimum atomic E-state index is -0.851. The molecule has 0 bridgehead atoms. The third kappa shape index (κ3) is 2.84. The van der Waals surface area contributed by atoms with Gasteiger partial charge in [-0.1, -0.05) is 24.3 Å². The van der Waals surface area contributed by atoms with Gasteiger partial charge >= 0.3 is 5.97 Å². The van der Waals surface area contributed by atoms with Gasteiger partial charge in [-0.15, -0.1) is 6.58 Å². The average molecular weight is 259 g/mol. The van der Waals surface area contributed by atoms with E-state index in [-0.39, 0.29) is 12.5 Å². The Morgan fingerprint density at radius 3 is 2.84 bits per heavy atom. The standard InChI is InChI=1S/C15H17NO3/c1-2-3-8-14(17)16-10-12(15(18)19)9-11-6-4-5-7-13(11)16/h2,4-7,12H,1,3,8-10H2,(H,18,19).